The predicted molar refractivity (Wildman–Crippen MR) is 68.3 cm³/mol. The van der Waals surface area contributed by atoms with E-state index in [9.17, 15) is 0 Å². The Kier molecular flexibility index (Phi) is 4.90. The zero-order valence-corrected chi connectivity index (χ0v) is 10.7. The van der Waals surface area contributed by atoms with Gasteiger partial charge in [-0.25, -0.2) is 0 Å². The molecule has 3 nitrogen and oxygen atoms in total. The van der Waals surface area contributed by atoms with Gasteiger partial charge < -0.3 is 10.6 Å². The Hall–Kier alpha value is -0.930. The zero-order chi connectivity index (χ0) is 12.0. The van der Waals surface area contributed by atoms with Gasteiger partial charge in [0, 0.05) is 30.9 Å². The molecule has 1 heterocycles. The molecule has 0 aliphatic heterocycles. The van der Waals surface area contributed by atoms with Crippen LogP contribution in [0.1, 0.15) is 33.4 Å². The smallest absolute Gasteiger partial charge is 0.0541 e. The Balaban J connectivity index is 2.23. The second kappa shape index (κ2) is 5.97. The molecule has 0 radical (unpaired) electrons. The van der Waals surface area contributed by atoms with Crippen LogP contribution < -0.4 is 10.6 Å². The van der Waals surface area contributed by atoms with E-state index >= 15 is 0 Å². The summed E-state index contributed by atoms with van der Waals surface area (Å²) in [7, 11) is 0. The minimum atomic E-state index is 0.181. The van der Waals surface area contributed by atoms with Crippen molar-refractivity contribution in [3.8, 4) is 0 Å². The van der Waals surface area contributed by atoms with Crippen LogP contribution in [-0.2, 0) is 6.54 Å². The van der Waals surface area contributed by atoms with Crippen LogP contribution in [-0.4, -0.2) is 23.1 Å². The molecule has 3 heteroatoms. The molecule has 0 aliphatic rings. The van der Waals surface area contributed by atoms with Crippen LogP contribution in [0.3, 0.4) is 0 Å². The van der Waals surface area contributed by atoms with Crippen LogP contribution in [0.25, 0.3) is 0 Å². The highest BCUT2D eigenvalue weighted by Gasteiger charge is 2.10. The molecule has 0 aromatic carbocycles. The monoisotopic (exact) mass is 221 g/mol. The zero-order valence-electron chi connectivity index (χ0n) is 10.7. The highest BCUT2D eigenvalue weighted by molar-refractivity contribution is 5.03. The third kappa shape index (κ3) is 5.83. The highest BCUT2D eigenvalue weighted by atomic mass is 15.0. The van der Waals surface area contributed by atoms with E-state index in [1.807, 2.05) is 24.4 Å². The van der Waals surface area contributed by atoms with Gasteiger partial charge in [0.05, 0.1) is 5.69 Å². The van der Waals surface area contributed by atoms with Crippen LogP contribution in [0.5, 0.6) is 0 Å². The first-order valence-electron chi connectivity index (χ1n) is 5.86. The summed E-state index contributed by atoms with van der Waals surface area (Å²) < 4.78 is 0. The van der Waals surface area contributed by atoms with Gasteiger partial charge >= 0.3 is 0 Å². The van der Waals surface area contributed by atoms with E-state index in [1.165, 1.54) is 0 Å². The van der Waals surface area contributed by atoms with E-state index in [1.54, 1.807) is 0 Å². The Morgan fingerprint density at radius 1 is 1.31 bits per heavy atom. The molecular weight excluding hydrogens is 198 g/mol. The number of hydrogen-bond acceptors (Lipinski definition) is 3. The van der Waals surface area contributed by atoms with E-state index in [0.717, 1.165) is 18.8 Å². The molecule has 16 heavy (non-hydrogen) atoms. The second-order valence-corrected chi connectivity index (χ2v) is 5.23. The fourth-order valence-electron chi connectivity index (χ4n) is 1.31. The van der Waals surface area contributed by atoms with Gasteiger partial charge in [-0.15, -0.1) is 0 Å². The SMILES string of the molecule is CC(CNC(C)(C)C)NCc1ccccn1. The Morgan fingerprint density at radius 3 is 2.62 bits per heavy atom. The van der Waals surface area contributed by atoms with E-state index in [-0.39, 0.29) is 5.54 Å². The number of aromatic nitrogens is 1. The van der Waals surface area contributed by atoms with Crippen molar-refractivity contribution in [2.45, 2.75) is 45.8 Å². The fourth-order valence-corrected chi connectivity index (χ4v) is 1.31. The summed E-state index contributed by atoms with van der Waals surface area (Å²) in [5.74, 6) is 0. The lowest BCUT2D eigenvalue weighted by Gasteiger charge is -2.24. The molecule has 1 aromatic heterocycles. The average Bonchev–Trinajstić information content (AvgIpc) is 2.24. The summed E-state index contributed by atoms with van der Waals surface area (Å²) in [5.41, 5.74) is 1.27. The maximum Gasteiger partial charge on any atom is 0.0541 e. The largest absolute Gasteiger partial charge is 0.311 e. The number of rotatable bonds is 5. The van der Waals surface area contributed by atoms with Crippen molar-refractivity contribution in [3.63, 3.8) is 0 Å². The first-order valence-corrected chi connectivity index (χ1v) is 5.86. The number of pyridine rings is 1. The molecule has 0 spiro atoms. The van der Waals surface area contributed by atoms with E-state index in [4.69, 9.17) is 0 Å². The summed E-state index contributed by atoms with van der Waals surface area (Å²) in [6.07, 6.45) is 1.83. The Labute approximate surface area is 98.7 Å². The van der Waals surface area contributed by atoms with E-state index < -0.39 is 0 Å². The van der Waals surface area contributed by atoms with Crippen molar-refractivity contribution >= 4 is 0 Å². The molecular formula is C13H23N3. The lowest BCUT2D eigenvalue weighted by Crippen LogP contribution is -2.44. The third-order valence-corrected chi connectivity index (χ3v) is 2.30. The molecule has 0 saturated heterocycles. The maximum atomic E-state index is 4.28. The molecule has 1 rings (SSSR count). The van der Waals surface area contributed by atoms with Crippen molar-refractivity contribution in [1.29, 1.82) is 0 Å². The van der Waals surface area contributed by atoms with Gasteiger partial charge in [-0.3, -0.25) is 4.98 Å². The maximum absolute atomic E-state index is 4.28. The van der Waals surface area contributed by atoms with Crippen molar-refractivity contribution in [2.75, 3.05) is 6.54 Å². The Morgan fingerprint density at radius 2 is 2.06 bits per heavy atom. The van der Waals surface area contributed by atoms with Gasteiger partial charge in [-0.2, -0.15) is 0 Å². The summed E-state index contributed by atoms with van der Waals surface area (Å²) in [4.78, 5) is 4.28. The lowest BCUT2D eigenvalue weighted by molar-refractivity contribution is 0.386. The minimum absolute atomic E-state index is 0.181. The molecule has 1 unspecified atom stereocenters. The van der Waals surface area contributed by atoms with Gasteiger partial charge in [-0.1, -0.05) is 6.07 Å². The summed E-state index contributed by atoms with van der Waals surface area (Å²) in [6.45, 7) is 10.5. The summed E-state index contributed by atoms with van der Waals surface area (Å²) in [6, 6.07) is 6.44. The highest BCUT2D eigenvalue weighted by Crippen LogP contribution is 1.99. The van der Waals surface area contributed by atoms with Crippen LogP contribution in [0.15, 0.2) is 24.4 Å². The predicted octanol–water partition coefficient (Wildman–Crippen LogP) is 1.95. The molecule has 0 saturated carbocycles. The topological polar surface area (TPSA) is 37.0 Å². The summed E-state index contributed by atoms with van der Waals surface area (Å²) in [5, 5.41) is 6.92. The normalized spacial score (nSPS) is 13.8. The summed E-state index contributed by atoms with van der Waals surface area (Å²) >= 11 is 0. The van der Waals surface area contributed by atoms with Gasteiger partial charge in [0.25, 0.3) is 0 Å². The average molecular weight is 221 g/mol. The molecule has 0 aliphatic carbocycles. The van der Waals surface area contributed by atoms with Crippen LogP contribution in [0.4, 0.5) is 0 Å². The second-order valence-electron chi connectivity index (χ2n) is 5.23. The van der Waals surface area contributed by atoms with Crippen LogP contribution in [0, 0.1) is 0 Å². The molecule has 1 aromatic rings. The van der Waals surface area contributed by atoms with E-state index in [0.29, 0.717) is 6.04 Å². The minimum Gasteiger partial charge on any atom is -0.311 e. The molecule has 0 bridgehead atoms. The number of hydrogen-bond donors (Lipinski definition) is 2. The first-order chi connectivity index (χ1) is 7.47. The van der Waals surface area contributed by atoms with Crippen LogP contribution in [0.2, 0.25) is 0 Å². The molecule has 0 fully saturated rings. The number of nitrogens with one attached hydrogen (secondary N) is 2. The molecule has 1 atom stereocenters. The van der Waals surface area contributed by atoms with E-state index in [2.05, 4.69) is 43.3 Å². The van der Waals surface area contributed by atoms with Crippen molar-refractivity contribution < 1.29 is 0 Å². The third-order valence-electron chi connectivity index (χ3n) is 2.30. The van der Waals surface area contributed by atoms with Gasteiger partial charge in [0.15, 0.2) is 0 Å². The first kappa shape index (κ1) is 13.1. The van der Waals surface area contributed by atoms with Crippen molar-refractivity contribution in [3.05, 3.63) is 30.1 Å². The fraction of sp³-hybridized carbons (Fsp3) is 0.615. The molecule has 2 N–H and O–H groups in total. The lowest BCUT2D eigenvalue weighted by atomic mass is 10.1. The number of nitrogens with zero attached hydrogens (tertiary/aromatic N) is 1. The quantitative estimate of drug-likeness (QED) is 0.798. The van der Waals surface area contributed by atoms with Crippen LogP contribution >= 0.6 is 0 Å². The van der Waals surface area contributed by atoms with Gasteiger partial charge in [-0.05, 0) is 39.8 Å². The standard InChI is InChI=1S/C13H23N3/c1-11(9-16-13(2,3)4)15-10-12-7-5-6-8-14-12/h5-8,11,15-16H,9-10H2,1-4H3. The molecule has 90 valence electrons. The van der Waals surface area contributed by atoms with Gasteiger partial charge in [0.1, 0.15) is 0 Å². The van der Waals surface area contributed by atoms with Gasteiger partial charge in [0.2, 0.25) is 0 Å². The van der Waals surface area contributed by atoms with Crippen molar-refractivity contribution in [2.24, 2.45) is 0 Å². The Bertz CT molecular complexity index is 290. The van der Waals surface area contributed by atoms with Crippen molar-refractivity contribution in [1.82, 2.24) is 15.6 Å². The molecule has 0 amide bonds.